The second-order valence-corrected chi connectivity index (χ2v) is 28.3. The first kappa shape index (κ1) is 93.4. The van der Waals surface area contributed by atoms with Crippen LogP contribution in [-0.4, -0.2) is 151 Å². The lowest BCUT2D eigenvalue weighted by molar-refractivity contribution is -0.136. The number of primary amides is 1. The van der Waals surface area contributed by atoms with Crippen molar-refractivity contribution in [2.24, 2.45) is 28.7 Å². The fourth-order valence-corrected chi connectivity index (χ4v) is 12.9. The molecular formula is C74H145N13O10S. The summed E-state index contributed by atoms with van der Waals surface area (Å²) < 4.78 is 0. The van der Waals surface area contributed by atoms with Crippen molar-refractivity contribution in [3.63, 3.8) is 0 Å². The van der Waals surface area contributed by atoms with E-state index in [9.17, 15) is 48.3 Å². The molecular weight excluding hydrogens is 1260 g/mol. The summed E-state index contributed by atoms with van der Waals surface area (Å²) >= 11 is 1.31. The molecule has 0 bridgehead atoms. The Labute approximate surface area is 597 Å². The van der Waals surface area contributed by atoms with Crippen LogP contribution in [0.1, 0.15) is 323 Å². The quantitative estimate of drug-likeness (QED) is 0.0253. The molecule has 23 nitrogen and oxygen atoms in total. The number of thioether (sulfide) groups is 1. The number of unbranched alkanes of at least 4 members (excludes halogenated alkanes) is 33. The van der Waals surface area contributed by atoms with E-state index in [1.807, 2.05) is 0 Å². The van der Waals surface area contributed by atoms with Gasteiger partial charge < -0.3 is 76.3 Å². The van der Waals surface area contributed by atoms with E-state index in [4.69, 9.17) is 28.7 Å². The van der Waals surface area contributed by atoms with E-state index in [1.165, 1.54) is 140 Å². The predicted molar refractivity (Wildman–Crippen MR) is 400 cm³/mol. The Morgan fingerprint density at radius 3 is 0.918 bits per heavy atom. The van der Waals surface area contributed by atoms with Crippen molar-refractivity contribution in [1.29, 1.82) is 0 Å². The molecule has 9 amide bonds. The summed E-state index contributed by atoms with van der Waals surface area (Å²) in [7, 11) is 0. The number of carbonyl (C=O) groups is 9. The molecule has 572 valence electrons. The number of nitrogens with one attached hydrogen (secondary N) is 8. The fourth-order valence-electron chi connectivity index (χ4n) is 11.9. The van der Waals surface area contributed by atoms with Gasteiger partial charge in [0.1, 0.15) is 42.3 Å². The summed E-state index contributed by atoms with van der Waals surface area (Å²) in [6.07, 6.45) is 41.8. The van der Waals surface area contributed by atoms with Crippen molar-refractivity contribution < 1.29 is 48.3 Å². The molecule has 19 N–H and O–H groups in total. The molecule has 0 aromatic rings. The Bertz CT molecular complexity index is 2050. The van der Waals surface area contributed by atoms with Crippen LogP contribution < -0.4 is 71.2 Å². The van der Waals surface area contributed by atoms with Crippen LogP contribution in [0.25, 0.3) is 0 Å². The molecule has 0 unspecified atom stereocenters. The van der Waals surface area contributed by atoms with Crippen molar-refractivity contribution in [3.8, 4) is 0 Å². The lowest BCUT2D eigenvalue weighted by Gasteiger charge is -2.27. The van der Waals surface area contributed by atoms with Gasteiger partial charge in [0.25, 0.3) is 0 Å². The van der Waals surface area contributed by atoms with Crippen LogP contribution in [0.5, 0.6) is 0 Å². The van der Waals surface area contributed by atoms with E-state index in [1.54, 1.807) is 0 Å². The maximum atomic E-state index is 14.4. The highest BCUT2D eigenvalue weighted by Crippen LogP contribution is 2.17. The van der Waals surface area contributed by atoms with E-state index in [0.717, 1.165) is 70.6 Å². The van der Waals surface area contributed by atoms with Gasteiger partial charge in [-0.1, -0.05) is 207 Å². The Morgan fingerprint density at radius 1 is 0.306 bits per heavy atom. The van der Waals surface area contributed by atoms with E-state index >= 15 is 0 Å². The predicted octanol–water partition coefficient (Wildman–Crippen LogP) is 8.94. The van der Waals surface area contributed by atoms with Crippen LogP contribution in [-0.2, 0) is 43.2 Å². The standard InChI is InChI=1S/C74H145N13O10S/c1-4-7-10-13-16-19-20-21-22-23-26-29-32-43-55-80-69(92)63(81-66(89)48-33-30-27-24-17-14-11-8-5-2)50-56-98-58-65(82-67(90)49-34-31-28-25-18-15-12-9-6-3)74(97)87-64(57-88)73(96)86-62(47-38-42-54-78)72(95)85-61(46-37-41-53-77)71(94)84-60(45-36-40-52-76)70(93)83-59(68(79)91)44-35-39-51-75/h59-65,88H,4-58,75-78H2,1-3H3,(H2,79,91)(H,80,92)(H,81,89)(H,82,90)(H,83,93)(H,84,94)(H,85,95)(H,86,96)(H,87,97)/t59-,60-,61-,62-,63-,64-,65-/m0/s1. The third kappa shape index (κ3) is 52.4. The van der Waals surface area contributed by atoms with E-state index in [-0.39, 0.29) is 68.5 Å². The Balaban J connectivity index is 6.51. The maximum absolute atomic E-state index is 14.4. The van der Waals surface area contributed by atoms with Crippen LogP contribution in [0.3, 0.4) is 0 Å². The molecule has 0 radical (unpaired) electrons. The zero-order valence-corrected chi connectivity index (χ0v) is 62.7. The Hall–Kier alpha value is -4.62. The highest BCUT2D eigenvalue weighted by Gasteiger charge is 2.33. The molecule has 7 atom stereocenters. The largest absolute Gasteiger partial charge is 0.394 e. The first-order chi connectivity index (χ1) is 47.6. The van der Waals surface area contributed by atoms with Crippen LogP contribution in [0, 0.1) is 0 Å². The summed E-state index contributed by atoms with van der Waals surface area (Å²) in [5.74, 6) is -4.94. The van der Waals surface area contributed by atoms with Gasteiger partial charge in [0.05, 0.1) is 6.61 Å². The van der Waals surface area contributed by atoms with Gasteiger partial charge >= 0.3 is 0 Å². The number of aliphatic hydroxyl groups excluding tert-OH is 1. The third-order valence-corrected chi connectivity index (χ3v) is 19.2. The molecule has 0 saturated heterocycles. The fraction of sp³-hybridized carbons (Fsp3) is 0.878. The lowest BCUT2D eigenvalue weighted by atomic mass is 10.0. The number of rotatable bonds is 71. The number of nitrogens with two attached hydrogens (primary N) is 5. The van der Waals surface area contributed by atoms with Gasteiger partial charge in [-0.3, -0.25) is 43.2 Å². The molecule has 0 aliphatic heterocycles. The van der Waals surface area contributed by atoms with Crippen LogP contribution in [0.2, 0.25) is 0 Å². The van der Waals surface area contributed by atoms with Gasteiger partial charge in [0.15, 0.2) is 0 Å². The van der Waals surface area contributed by atoms with Gasteiger partial charge in [0.2, 0.25) is 53.2 Å². The SMILES string of the molecule is CCCCCCCCCCCCCCCCNC(=O)[C@H](CCSC[C@H](NC(=O)CCCCCCCCCCC)C(=O)N[C@@H](CO)C(=O)N[C@@H](CCCCN)C(=O)N[C@@H](CCCCN)C(=O)N[C@@H](CCCCN)C(=O)N[C@@H](CCCCN)C(N)=O)NC(=O)CCCCCCCCCCC. The van der Waals surface area contributed by atoms with Gasteiger partial charge in [0, 0.05) is 25.1 Å². The second kappa shape index (κ2) is 66.9. The second-order valence-electron chi connectivity index (χ2n) is 27.2. The molecule has 0 aliphatic rings. The first-order valence-electron chi connectivity index (χ1n) is 39.2. The molecule has 0 heterocycles. The summed E-state index contributed by atoms with van der Waals surface area (Å²) in [6.45, 7) is 7.57. The summed E-state index contributed by atoms with van der Waals surface area (Å²) in [5.41, 5.74) is 28.7. The molecule has 98 heavy (non-hydrogen) atoms. The molecule has 0 spiro atoms. The molecule has 0 aromatic heterocycles. The molecule has 0 fully saturated rings. The minimum Gasteiger partial charge on any atom is -0.394 e. The monoisotopic (exact) mass is 1410 g/mol. The summed E-state index contributed by atoms with van der Waals surface area (Å²) in [6, 6.07) is -8.22. The van der Waals surface area contributed by atoms with Gasteiger partial charge in [-0.2, -0.15) is 11.8 Å². The van der Waals surface area contributed by atoms with Gasteiger partial charge in [-0.05, 0) is 135 Å². The van der Waals surface area contributed by atoms with E-state index in [2.05, 4.69) is 63.3 Å². The highest BCUT2D eigenvalue weighted by molar-refractivity contribution is 7.99. The van der Waals surface area contributed by atoms with Crippen LogP contribution in [0.4, 0.5) is 0 Å². The lowest BCUT2D eigenvalue weighted by Crippen LogP contribution is -2.60. The van der Waals surface area contributed by atoms with Gasteiger partial charge in [-0.25, -0.2) is 0 Å². The van der Waals surface area contributed by atoms with Gasteiger partial charge in [-0.15, -0.1) is 0 Å². The Kier molecular flexibility index (Phi) is 63.7. The summed E-state index contributed by atoms with van der Waals surface area (Å²) in [4.78, 5) is 124. The number of hydrogen-bond donors (Lipinski definition) is 14. The maximum Gasteiger partial charge on any atom is 0.245 e. The topological polar surface area (TPSA) is 400 Å². The molecule has 0 rings (SSSR count). The number of aliphatic hydroxyl groups is 1. The number of carbonyl (C=O) groups excluding carboxylic acids is 9. The smallest absolute Gasteiger partial charge is 0.245 e. The average Bonchev–Trinajstić information content (AvgIpc) is 0.895. The van der Waals surface area contributed by atoms with Crippen molar-refractivity contribution >= 4 is 64.9 Å². The van der Waals surface area contributed by atoms with Crippen molar-refractivity contribution in [1.82, 2.24) is 42.5 Å². The minimum atomic E-state index is -1.58. The normalized spacial score (nSPS) is 13.5. The zero-order chi connectivity index (χ0) is 72.5. The van der Waals surface area contributed by atoms with Crippen LogP contribution >= 0.6 is 11.8 Å². The number of hydrogen-bond acceptors (Lipinski definition) is 15. The third-order valence-electron chi connectivity index (χ3n) is 18.1. The molecule has 24 heteroatoms. The first-order valence-corrected chi connectivity index (χ1v) is 40.4. The average molecular weight is 1410 g/mol. The zero-order valence-electron chi connectivity index (χ0n) is 61.8. The van der Waals surface area contributed by atoms with E-state index < -0.39 is 84.3 Å². The van der Waals surface area contributed by atoms with Crippen molar-refractivity contribution in [3.05, 3.63) is 0 Å². The Morgan fingerprint density at radius 2 is 0.582 bits per heavy atom. The molecule has 0 saturated carbocycles. The van der Waals surface area contributed by atoms with E-state index in [0.29, 0.717) is 96.1 Å². The van der Waals surface area contributed by atoms with Crippen molar-refractivity contribution in [2.75, 3.05) is 50.8 Å². The minimum absolute atomic E-state index is 0.0304. The summed E-state index contributed by atoms with van der Waals surface area (Å²) in [5, 5.41) is 33.2. The molecule has 0 aromatic carbocycles. The number of amides is 9. The molecule has 0 aliphatic carbocycles. The van der Waals surface area contributed by atoms with Crippen molar-refractivity contribution in [2.45, 2.75) is 365 Å². The highest BCUT2D eigenvalue weighted by atomic mass is 32.2. The van der Waals surface area contributed by atoms with Crippen LogP contribution in [0.15, 0.2) is 0 Å².